The maximum Gasteiger partial charge on any atom is 0.405 e. The van der Waals surface area contributed by atoms with Gasteiger partial charge < -0.3 is 15.0 Å². The third-order valence-electron chi connectivity index (χ3n) is 2.92. The summed E-state index contributed by atoms with van der Waals surface area (Å²) < 4.78 is 42.5. The van der Waals surface area contributed by atoms with Crippen molar-refractivity contribution >= 4 is 17.3 Å². The number of anilines is 1. The molecule has 1 aromatic carbocycles. The molecule has 0 aliphatic carbocycles. The predicted octanol–water partition coefficient (Wildman–Crippen LogP) is 3.46. The van der Waals surface area contributed by atoms with Gasteiger partial charge in [0.05, 0.1) is 17.3 Å². The van der Waals surface area contributed by atoms with Crippen LogP contribution in [0.3, 0.4) is 0 Å². The molecule has 0 unspecified atom stereocenters. The molecule has 120 valence electrons. The maximum absolute atomic E-state index is 12.5. The minimum atomic E-state index is -4.25. The SMILES string of the molecule is CCN(CC(F)(F)F)c1ccc(CNCCOC)cc1Cl. The van der Waals surface area contributed by atoms with Crippen LogP contribution in [0.25, 0.3) is 0 Å². The van der Waals surface area contributed by atoms with Crippen LogP contribution in [0, 0.1) is 0 Å². The molecular formula is C14H20ClF3N2O. The first-order valence-corrected chi connectivity index (χ1v) is 7.05. The number of hydrogen-bond donors (Lipinski definition) is 1. The highest BCUT2D eigenvalue weighted by Gasteiger charge is 2.30. The molecule has 0 spiro atoms. The normalized spacial score (nSPS) is 11.7. The number of nitrogens with one attached hydrogen (secondary N) is 1. The molecule has 21 heavy (non-hydrogen) atoms. The Labute approximate surface area is 128 Å². The van der Waals surface area contributed by atoms with Crippen molar-refractivity contribution in [1.82, 2.24) is 5.32 Å². The molecule has 0 radical (unpaired) electrons. The van der Waals surface area contributed by atoms with Crippen molar-refractivity contribution in [2.75, 3.05) is 38.3 Å². The largest absolute Gasteiger partial charge is 0.405 e. The second-order valence-corrected chi connectivity index (χ2v) is 4.99. The van der Waals surface area contributed by atoms with E-state index in [1.807, 2.05) is 0 Å². The molecule has 7 heteroatoms. The van der Waals surface area contributed by atoms with Crippen LogP contribution < -0.4 is 10.2 Å². The van der Waals surface area contributed by atoms with Crippen molar-refractivity contribution in [1.29, 1.82) is 0 Å². The molecule has 0 saturated carbocycles. The van der Waals surface area contributed by atoms with E-state index in [9.17, 15) is 13.2 Å². The third-order valence-corrected chi connectivity index (χ3v) is 3.22. The second-order valence-electron chi connectivity index (χ2n) is 4.58. The van der Waals surface area contributed by atoms with Gasteiger partial charge in [0.15, 0.2) is 0 Å². The van der Waals surface area contributed by atoms with Gasteiger partial charge in [-0.05, 0) is 24.6 Å². The molecule has 0 amide bonds. The molecule has 1 N–H and O–H groups in total. The van der Waals surface area contributed by atoms with Gasteiger partial charge in [-0.3, -0.25) is 0 Å². The maximum atomic E-state index is 12.5. The van der Waals surface area contributed by atoms with Crippen LogP contribution in [0.5, 0.6) is 0 Å². The molecule has 0 aromatic heterocycles. The van der Waals surface area contributed by atoms with Crippen LogP contribution in [-0.4, -0.2) is 39.5 Å². The molecule has 0 aliphatic rings. The van der Waals surface area contributed by atoms with Gasteiger partial charge in [-0.15, -0.1) is 0 Å². The summed E-state index contributed by atoms with van der Waals surface area (Å²) in [4.78, 5) is 1.21. The fraction of sp³-hybridized carbons (Fsp3) is 0.571. The third kappa shape index (κ3) is 6.54. The lowest BCUT2D eigenvalue weighted by molar-refractivity contribution is -0.119. The first-order valence-electron chi connectivity index (χ1n) is 6.67. The molecule has 1 rings (SSSR count). The highest BCUT2D eigenvalue weighted by molar-refractivity contribution is 6.33. The first-order chi connectivity index (χ1) is 9.87. The van der Waals surface area contributed by atoms with E-state index in [-0.39, 0.29) is 6.54 Å². The number of methoxy groups -OCH3 is 1. The standard InChI is InChI=1S/C14H20ClF3N2O/c1-3-20(10-14(16,17)18)13-5-4-11(8-12(13)15)9-19-6-7-21-2/h4-5,8,19H,3,6-7,9-10H2,1-2H3. The van der Waals surface area contributed by atoms with Crippen molar-refractivity contribution in [3.8, 4) is 0 Å². The Morgan fingerprint density at radius 3 is 2.57 bits per heavy atom. The van der Waals surface area contributed by atoms with Crippen LogP contribution in [-0.2, 0) is 11.3 Å². The quantitative estimate of drug-likeness (QED) is 0.741. The van der Waals surface area contributed by atoms with Gasteiger partial charge in [0, 0.05) is 26.7 Å². The summed E-state index contributed by atoms with van der Waals surface area (Å²) in [6.07, 6.45) is -4.25. The highest BCUT2D eigenvalue weighted by atomic mass is 35.5. The van der Waals surface area contributed by atoms with E-state index in [4.69, 9.17) is 16.3 Å². The number of nitrogens with zero attached hydrogens (tertiary/aromatic N) is 1. The van der Waals surface area contributed by atoms with Crippen molar-refractivity contribution in [2.45, 2.75) is 19.6 Å². The monoisotopic (exact) mass is 324 g/mol. The highest BCUT2D eigenvalue weighted by Crippen LogP contribution is 2.29. The Morgan fingerprint density at radius 1 is 1.33 bits per heavy atom. The van der Waals surface area contributed by atoms with Crippen molar-refractivity contribution in [3.63, 3.8) is 0 Å². The van der Waals surface area contributed by atoms with Crippen molar-refractivity contribution < 1.29 is 17.9 Å². The average molecular weight is 325 g/mol. The molecule has 0 heterocycles. The smallest absolute Gasteiger partial charge is 0.383 e. The Morgan fingerprint density at radius 2 is 2.05 bits per heavy atom. The van der Waals surface area contributed by atoms with Gasteiger partial charge in [-0.2, -0.15) is 13.2 Å². The summed E-state index contributed by atoms with van der Waals surface area (Å²) in [7, 11) is 1.62. The second kappa shape index (κ2) is 8.46. The van der Waals surface area contributed by atoms with Gasteiger partial charge >= 0.3 is 6.18 Å². The summed E-state index contributed by atoms with van der Waals surface area (Å²) in [6, 6.07) is 5.10. The van der Waals surface area contributed by atoms with Crippen LogP contribution >= 0.6 is 11.6 Å². The Hall–Kier alpha value is -0.980. The van der Waals surface area contributed by atoms with E-state index < -0.39 is 12.7 Å². The number of hydrogen-bond acceptors (Lipinski definition) is 3. The number of halogens is 4. The minimum absolute atomic E-state index is 0.241. The Bertz CT molecular complexity index is 441. The molecule has 3 nitrogen and oxygen atoms in total. The molecule has 0 fully saturated rings. The zero-order valence-corrected chi connectivity index (χ0v) is 12.9. The fourth-order valence-corrected chi connectivity index (χ4v) is 2.23. The summed E-state index contributed by atoms with van der Waals surface area (Å²) >= 11 is 6.11. The lowest BCUT2D eigenvalue weighted by Gasteiger charge is -2.25. The summed E-state index contributed by atoms with van der Waals surface area (Å²) in [5.41, 5.74) is 1.32. The molecule has 0 aliphatic heterocycles. The Kier molecular flexibility index (Phi) is 7.28. The lowest BCUT2D eigenvalue weighted by atomic mass is 10.2. The van der Waals surface area contributed by atoms with E-state index >= 15 is 0 Å². The lowest BCUT2D eigenvalue weighted by Crippen LogP contribution is -2.34. The number of benzene rings is 1. The fourth-order valence-electron chi connectivity index (χ4n) is 1.91. The van der Waals surface area contributed by atoms with Crippen LogP contribution in [0.15, 0.2) is 18.2 Å². The number of ether oxygens (including phenoxy) is 1. The van der Waals surface area contributed by atoms with Crippen molar-refractivity contribution in [2.24, 2.45) is 0 Å². The van der Waals surface area contributed by atoms with E-state index in [2.05, 4.69) is 5.32 Å². The van der Waals surface area contributed by atoms with E-state index in [0.29, 0.717) is 30.4 Å². The van der Waals surface area contributed by atoms with Gasteiger partial charge in [0.1, 0.15) is 6.54 Å². The summed E-state index contributed by atoms with van der Waals surface area (Å²) in [5.74, 6) is 0. The zero-order chi connectivity index (χ0) is 15.9. The van der Waals surface area contributed by atoms with Gasteiger partial charge in [0.2, 0.25) is 0 Å². The average Bonchev–Trinajstić information content (AvgIpc) is 2.40. The van der Waals surface area contributed by atoms with Gasteiger partial charge in [-0.25, -0.2) is 0 Å². The van der Waals surface area contributed by atoms with Crippen LogP contribution in [0.1, 0.15) is 12.5 Å². The van der Waals surface area contributed by atoms with E-state index in [0.717, 1.165) is 5.56 Å². The van der Waals surface area contributed by atoms with Gasteiger partial charge in [0.25, 0.3) is 0 Å². The molecule has 0 saturated heterocycles. The topological polar surface area (TPSA) is 24.5 Å². The summed E-state index contributed by atoms with van der Waals surface area (Å²) in [5, 5.41) is 3.48. The zero-order valence-electron chi connectivity index (χ0n) is 12.1. The van der Waals surface area contributed by atoms with Crippen LogP contribution in [0.2, 0.25) is 5.02 Å². The molecule has 1 aromatic rings. The molecule has 0 atom stereocenters. The molecule has 0 bridgehead atoms. The Balaban J connectivity index is 2.72. The van der Waals surface area contributed by atoms with Crippen LogP contribution in [0.4, 0.5) is 18.9 Å². The number of rotatable bonds is 8. The minimum Gasteiger partial charge on any atom is -0.383 e. The summed E-state index contributed by atoms with van der Waals surface area (Å²) in [6.45, 7) is 2.79. The molecular weight excluding hydrogens is 305 g/mol. The van der Waals surface area contributed by atoms with Gasteiger partial charge in [-0.1, -0.05) is 17.7 Å². The van der Waals surface area contributed by atoms with Crippen molar-refractivity contribution in [3.05, 3.63) is 28.8 Å². The van der Waals surface area contributed by atoms with E-state index in [1.165, 1.54) is 4.90 Å². The number of alkyl halides is 3. The first kappa shape index (κ1) is 18.1. The predicted molar refractivity (Wildman–Crippen MR) is 79.0 cm³/mol. The van der Waals surface area contributed by atoms with E-state index in [1.54, 1.807) is 32.2 Å².